The molecule has 3 aromatic rings. The van der Waals surface area contributed by atoms with Gasteiger partial charge in [0.15, 0.2) is 11.5 Å². The van der Waals surface area contributed by atoms with Gasteiger partial charge in [0, 0.05) is 17.8 Å². The summed E-state index contributed by atoms with van der Waals surface area (Å²) in [7, 11) is 0. The molecule has 2 aromatic heterocycles. The lowest BCUT2D eigenvalue weighted by atomic mass is 10.2. The molecule has 0 bridgehead atoms. The van der Waals surface area contributed by atoms with E-state index in [1.807, 2.05) is 35.9 Å². The molecule has 0 aliphatic heterocycles. The highest BCUT2D eigenvalue weighted by Gasteiger charge is 2.08. The van der Waals surface area contributed by atoms with Crippen LogP contribution < -0.4 is 14.9 Å². The first-order valence-electron chi connectivity index (χ1n) is 9.92. The molecule has 31 heavy (non-hydrogen) atoms. The third kappa shape index (κ3) is 7.10. The predicted octanol–water partition coefficient (Wildman–Crippen LogP) is 3.37. The van der Waals surface area contributed by atoms with Crippen molar-refractivity contribution in [2.45, 2.75) is 26.8 Å². The average molecular weight is 444 g/mol. The van der Waals surface area contributed by atoms with E-state index < -0.39 is 0 Å². The molecule has 2 heterocycles. The fourth-order valence-corrected chi connectivity index (χ4v) is 3.29. The Morgan fingerprint density at radius 2 is 2.16 bits per heavy atom. The second-order valence-corrected chi connectivity index (χ2v) is 7.14. The summed E-state index contributed by atoms with van der Waals surface area (Å²) < 4.78 is 18.4. The molecule has 0 radical (unpaired) electrons. The van der Waals surface area contributed by atoms with Crippen molar-refractivity contribution in [1.29, 1.82) is 0 Å². The van der Waals surface area contributed by atoms with Gasteiger partial charge in [-0.05, 0) is 37.6 Å². The molecule has 1 N–H and O–H groups in total. The largest absolute Gasteiger partial charge is 0.490 e. The molecule has 0 aliphatic carbocycles. The van der Waals surface area contributed by atoms with Crippen LogP contribution in [0.3, 0.4) is 0 Å². The molecule has 0 saturated heterocycles. The van der Waals surface area contributed by atoms with Crippen LogP contribution in [-0.4, -0.2) is 46.5 Å². The number of carbonyl (C=O) groups is 1. The molecular weight excluding hydrogens is 418 g/mol. The third-order valence-electron chi connectivity index (χ3n) is 3.99. The number of nitrogens with zero attached hydrogens (tertiary/aromatic N) is 4. The van der Waals surface area contributed by atoms with E-state index >= 15 is 0 Å². The highest BCUT2D eigenvalue weighted by Crippen LogP contribution is 2.28. The molecular formula is C21H25N5O4S. The summed E-state index contributed by atoms with van der Waals surface area (Å²) in [5.41, 5.74) is 4.38. The maximum Gasteiger partial charge on any atom is 0.311 e. The maximum atomic E-state index is 11.5. The smallest absolute Gasteiger partial charge is 0.311 e. The summed E-state index contributed by atoms with van der Waals surface area (Å²) in [5.74, 6) is 1.04. The van der Waals surface area contributed by atoms with E-state index in [0.29, 0.717) is 48.7 Å². The van der Waals surface area contributed by atoms with Crippen LogP contribution in [0.15, 0.2) is 47.4 Å². The van der Waals surface area contributed by atoms with Gasteiger partial charge in [0.1, 0.15) is 6.61 Å². The summed E-state index contributed by atoms with van der Waals surface area (Å²) in [6.45, 7) is 5.79. The van der Waals surface area contributed by atoms with Crippen LogP contribution in [0.25, 0.3) is 0 Å². The Hall–Kier alpha value is -3.40. The van der Waals surface area contributed by atoms with Crippen molar-refractivity contribution in [2.75, 3.05) is 25.2 Å². The molecule has 0 saturated carbocycles. The van der Waals surface area contributed by atoms with Crippen molar-refractivity contribution in [3.63, 3.8) is 0 Å². The lowest BCUT2D eigenvalue weighted by Crippen LogP contribution is -2.08. The van der Waals surface area contributed by atoms with Gasteiger partial charge in [-0.3, -0.25) is 10.2 Å². The summed E-state index contributed by atoms with van der Waals surface area (Å²) >= 11 is 1.37. The molecule has 0 spiro atoms. The second-order valence-electron chi connectivity index (χ2n) is 6.28. The third-order valence-corrected chi connectivity index (χ3v) is 4.79. The lowest BCUT2D eigenvalue weighted by Gasteiger charge is -2.12. The molecule has 0 atom stereocenters. The van der Waals surface area contributed by atoms with Crippen LogP contribution >= 0.6 is 11.3 Å². The molecule has 164 valence electrons. The molecule has 0 amide bonds. The Morgan fingerprint density at radius 3 is 2.94 bits per heavy atom. The van der Waals surface area contributed by atoms with Crippen LogP contribution in [0, 0.1) is 0 Å². The number of hydrogen-bond donors (Lipinski definition) is 1. The standard InChI is InChI=1S/C21H25N5O4S/c1-3-28-19-11-16(5-6-18(19)30-10-9-26-8-7-22-15-26)13-23-25-21-24-17(14-31-21)12-20(27)29-4-2/h5-8,11,13-15H,3-4,9-10,12H2,1-2H3,(H,24,25). The summed E-state index contributed by atoms with van der Waals surface area (Å²) in [6, 6.07) is 5.63. The van der Waals surface area contributed by atoms with Crippen LogP contribution in [0.2, 0.25) is 0 Å². The molecule has 0 unspecified atom stereocenters. The van der Waals surface area contributed by atoms with Crippen LogP contribution in [0.4, 0.5) is 5.13 Å². The molecule has 0 aliphatic rings. The number of benzene rings is 1. The molecule has 10 heteroatoms. The van der Waals surface area contributed by atoms with E-state index in [-0.39, 0.29) is 12.4 Å². The number of imidazole rings is 1. The number of carbonyl (C=O) groups excluding carboxylic acids is 1. The van der Waals surface area contributed by atoms with E-state index in [1.54, 1.807) is 31.0 Å². The van der Waals surface area contributed by atoms with Gasteiger partial charge < -0.3 is 18.8 Å². The number of esters is 1. The van der Waals surface area contributed by atoms with Gasteiger partial charge in [-0.15, -0.1) is 11.3 Å². The number of aromatic nitrogens is 3. The minimum atomic E-state index is -0.293. The highest BCUT2D eigenvalue weighted by molar-refractivity contribution is 7.13. The van der Waals surface area contributed by atoms with Crippen molar-refractivity contribution in [1.82, 2.24) is 14.5 Å². The zero-order chi connectivity index (χ0) is 21.9. The lowest BCUT2D eigenvalue weighted by molar-refractivity contribution is -0.142. The topological polar surface area (TPSA) is 99.9 Å². The molecule has 9 nitrogen and oxygen atoms in total. The fourth-order valence-electron chi connectivity index (χ4n) is 2.63. The first-order valence-corrected chi connectivity index (χ1v) is 10.8. The van der Waals surface area contributed by atoms with Gasteiger partial charge in [-0.2, -0.15) is 5.10 Å². The second kappa shape index (κ2) is 11.7. The number of ether oxygens (including phenoxy) is 3. The first-order chi connectivity index (χ1) is 15.2. The van der Waals surface area contributed by atoms with E-state index in [1.165, 1.54) is 11.3 Å². The van der Waals surface area contributed by atoms with Gasteiger partial charge >= 0.3 is 5.97 Å². The van der Waals surface area contributed by atoms with Gasteiger partial charge in [0.25, 0.3) is 0 Å². The Balaban J connectivity index is 1.55. The average Bonchev–Trinajstić information content (AvgIpc) is 3.42. The molecule has 1 aromatic carbocycles. The monoisotopic (exact) mass is 443 g/mol. The normalized spacial score (nSPS) is 10.9. The van der Waals surface area contributed by atoms with Crippen LogP contribution in [0.5, 0.6) is 11.5 Å². The summed E-state index contributed by atoms with van der Waals surface area (Å²) in [6.07, 6.45) is 7.20. The van der Waals surface area contributed by atoms with Crippen molar-refractivity contribution in [3.05, 3.63) is 53.6 Å². The van der Waals surface area contributed by atoms with Crippen molar-refractivity contribution < 1.29 is 19.0 Å². The number of anilines is 1. The first kappa shape index (κ1) is 22.3. The summed E-state index contributed by atoms with van der Waals surface area (Å²) in [4.78, 5) is 19.9. The van der Waals surface area contributed by atoms with E-state index in [0.717, 1.165) is 5.56 Å². The SMILES string of the molecule is CCOC(=O)Cc1csc(NN=Cc2ccc(OCCn3ccnc3)c(OCC)c2)n1. The number of hydrogen-bond acceptors (Lipinski definition) is 9. The molecule has 0 fully saturated rings. The number of hydrazone groups is 1. The number of thiazole rings is 1. The zero-order valence-corrected chi connectivity index (χ0v) is 18.3. The highest BCUT2D eigenvalue weighted by atomic mass is 32.1. The van der Waals surface area contributed by atoms with E-state index in [2.05, 4.69) is 20.5 Å². The predicted molar refractivity (Wildman–Crippen MR) is 119 cm³/mol. The van der Waals surface area contributed by atoms with Gasteiger partial charge in [-0.25, -0.2) is 9.97 Å². The summed E-state index contributed by atoms with van der Waals surface area (Å²) in [5, 5.41) is 6.62. The fraction of sp³-hybridized carbons (Fsp3) is 0.333. The van der Waals surface area contributed by atoms with Gasteiger partial charge in [0.2, 0.25) is 5.13 Å². The number of rotatable bonds is 12. The van der Waals surface area contributed by atoms with Crippen LogP contribution in [-0.2, 0) is 22.5 Å². The van der Waals surface area contributed by atoms with Crippen molar-refractivity contribution in [2.24, 2.45) is 5.10 Å². The Bertz CT molecular complexity index is 988. The van der Waals surface area contributed by atoms with Gasteiger partial charge in [0.05, 0.1) is 44.4 Å². The van der Waals surface area contributed by atoms with Gasteiger partial charge in [-0.1, -0.05) is 0 Å². The number of nitrogens with one attached hydrogen (secondary N) is 1. The Labute approximate surface area is 184 Å². The molecule has 3 rings (SSSR count). The zero-order valence-electron chi connectivity index (χ0n) is 17.5. The van der Waals surface area contributed by atoms with Crippen molar-refractivity contribution in [3.8, 4) is 11.5 Å². The Kier molecular flexibility index (Phi) is 8.41. The minimum Gasteiger partial charge on any atom is -0.490 e. The maximum absolute atomic E-state index is 11.5. The van der Waals surface area contributed by atoms with Crippen molar-refractivity contribution >= 4 is 28.7 Å². The van der Waals surface area contributed by atoms with E-state index in [9.17, 15) is 4.79 Å². The van der Waals surface area contributed by atoms with E-state index in [4.69, 9.17) is 14.2 Å². The Morgan fingerprint density at radius 1 is 1.26 bits per heavy atom. The minimum absolute atomic E-state index is 0.149. The van der Waals surface area contributed by atoms with Crippen LogP contribution in [0.1, 0.15) is 25.1 Å². The quantitative estimate of drug-likeness (QED) is 0.260.